The molecular formula is C13H23NO2. The number of hydrogen-bond acceptors (Lipinski definition) is 2. The normalized spacial score (nSPS) is 14.7. The average Bonchev–Trinajstić information content (AvgIpc) is 2.08. The molecule has 0 amide bonds. The number of carbonyl (C=O) groups is 1. The highest BCUT2D eigenvalue weighted by molar-refractivity contribution is 5.86. The lowest BCUT2D eigenvalue weighted by atomic mass is 9.85. The van der Waals surface area contributed by atoms with Crippen LogP contribution in [0.3, 0.4) is 0 Å². The molecule has 0 aromatic carbocycles. The molecule has 0 saturated carbocycles. The van der Waals surface area contributed by atoms with Crippen LogP contribution in [0.1, 0.15) is 40.5 Å². The second kappa shape index (κ2) is 5.85. The Kier molecular flexibility index (Phi) is 5.45. The van der Waals surface area contributed by atoms with Crippen molar-refractivity contribution in [2.45, 2.75) is 46.6 Å². The van der Waals surface area contributed by atoms with Gasteiger partial charge in [0.25, 0.3) is 0 Å². The molecule has 0 heterocycles. The first-order valence-electron chi connectivity index (χ1n) is 5.50. The lowest BCUT2D eigenvalue weighted by Gasteiger charge is -2.20. The number of aliphatic carboxylic acids is 1. The molecule has 0 spiro atoms. The van der Waals surface area contributed by atoms with Gasteiger partial charge in [-0.25, -0.2) is 4.79 Å². The Morgan fingerprint density at radius 3 is 2.31 bits per heavy atom. The van der Waals surface area contributed by atoms with Crippen molar-refractivity contribution in [1.29, 1.82) is 0 Å². The van der Waals surface area contributed by atoms with Crippen molar-refractivity contribution < 1.29 is 9.90 Å². The van der Waals surface area contributed by atoms with E-state index >= 15 is 0 Å². The summed E-state index contributed by atoms with van der Waals surface area (Å²) in [6.07, 6.45) is 2.71. The third kappa shape index (κ3) is 5.71. The quantitative estimate of drug-likeness (QED) is 0.558. The standard InChI is InChI=1S/C13H23NO2/c1-9(13(3,4)5)6-7-11(12(15)16)8-10(2)14/h7,10H,1,6,8,14H2,2-5H3,(H,15,16)/b11-7+. The van der Waals surface area contributed by atoms with E-state index in [9.17, 15) is 4.79 Å². The van der Waals surface area contributed by atoms with Crippen molar-refractivity contribution in [3.8, 4) is 0 Å². The monoisotopic (exact) mass is 225 g/mol. The topological polar surface area (TPSA) is 63.3 Å². The van der Waals surface area contributed by atoms with Crippen molar-refractivity contribution >= 4 is 5.97 Å². The molecule has 0 bridgehead atoms. The maximum absolute atomic E-state index is 10.9. The summed E-state index contributed by atoms with van der Waals surface area (Å²) in [6, 6.07) is -0.134. The summed E-state index contributed by atoms with van der Waals surface area (Å²) in [5.41, 5.74) is 7.00. The van der Waals surface area contributed by atoms with Gasteiger partial charge in [0.05, 0.1) is 0 Å². The molecule has 3 nitrogen and oxygen atoms in total. The minimum absolute atomic E-state index is 0.00838. The summed E-state index contributed by atoms with van der Waals surface area (Å²) in [6.45, 7) is 12.0. The highest BCUT2D eigenvalue weighted by Crippen LogP contribution is 2.27. The van der Waals surface area contributed by atoms with Crippen LogP contribution in [0.5, 0.6) is 0 Å². The summed E-state index contributed by atoms with van der Waals surface area (Å²) >= 11 is 0. The Morgan fingerprint density at radius 1 is 1.50 bits per heavy atom. The highest BCUT2D eigenvalue weighted by Gasteiger charge is 2.15. The van der Waals surface area contributed by atoms with Crippen LogP contribution in [0.4, 0.5) is 0 Å². The van der Waals surface area contributed by atoms with Crippen molar-refractivity contribution in [3.05, 3.63) is 23.8 Å². The van der Waals surface area contributed by atoms with Crippen molar-refractivity contribution in [2.24, 2.45) is 11.1 Å². The number of carboxylic acid groups (broad SMARTS) is 1. The molecule has 3 heteroatoms. The van der Waals surface area contributed by atoms with E-state index in [1.165, 1.54) is 0 Å². The summed E-state index contributed by atoms with van der Waals surface area (Å²) in [7, 11) is 0. The van der Waals surface area contributed by atoms with Crippen LogP contribution in [-0.2, 0) is 4.79 Å². The lowest BCUT2D eigenvalue weighted by Crippen LogP contribution is -2.18. The zero-order chi connectivity index (χ0) is 12.9. The van der Waals surface area contributed by atoms with E-state index in [4.69, 9.17) is 10.8 Å². The first-order valence-corrected chi connectivity index (χ1v) is 5.50. The molecule has 1 atom stereocenters. The second-order valence-corrected chi connectivity index (χ2v) is 5.27. The fourth-order valence-corrected chi connectivity index (χ4v) is 1.16. The largest absolute Gasteiger partial charge is 0.478 e. The minimum Gasteiger partial charge on any atom is -0.478 e. The summed E-state index contributed by atoms with van der Waals surface area (Å²) < 4.78 is 0. The van der Waals surface area contributed by atoms with Gasteiger partial charge in [0, 0.05) is 11.6 Å². The first-order chi connectivity index (χ1) is 7.14. The number of nitrogens with two attached hydrogens (primary N) is 1. The van der Waals surface area contributed by atoms with Gasteiger partial charge in [-0.15, -0.1) is 0 Å². The molecule has 0 aromatic heterocycles. The van der Waals surface area contributed by atoms with Gasteiger partial charge in [0.1, 0.15) is 0 Å². The molecule has 16 heavy (non-hydrogen) atoms. The zero-order valence-electron chi connectivity index (χ0n) is 10.7. The summed E-state index contributed by atoms with van der Waals surface area (Å²) in [5.74, 6) is -0.890. The molecule has 0 aliphatic heterocycles. The summed E-state index contributed by atoms with van der Waals surface area (Å²) in [4.78, 5) is 10.9. The maximum Gasteiger partial charge on any atom is 0.331 e. The van der Waals surface area contributed by atoms with Gasteiger partial charge in [0.2, 0.25) is 0 Å². The van der Waals surface area contributed by atoms with Crippen molar-refractivity contribution in [1.82, 2.24) is 0 Å². The van der Waals surface area contributed by atoms with Gasteiger partial charge in [-0.2, -0.15) is 0 Å². The number of carboxylic acids is 1. The van der Waals surface area contributed by atoms with E-state index in [2.05, 4.69) is 27.4 Å². The molecule has 0 saturated heterocycles. The third-order valence-corrected chi connectivity index (χ3v) is 2.47. The Labute approximate surface area is 98.0 Å². The predicted octanol–water partition coefficient (Wildman–Crippen LogP) is 2.73. The van der Waals surface area contributed by atoms with Gasteiger partial charge in [0.15, 0.2) is 0 Å². The van der Waals surface area contributed by atoms with E-state index in [-0.39, 0.29) is 11.5 Å². The fourth-order valence-electron chi connectivity index (χ4n) is 1.16. The summed E-state index contributed by atoms with van der Waals surface area (Å²) in [5, 5.41) is 8.98. The fraction of sp³-hybridized carbons (Fsp3) is 0.615. The van der Waals surface area contributed by atoms with E-state index in [0.29, 0.717) is 18.4 Å². The molecule has 0 radical (unpaired) electrons. The average molecular weight is 225 g/mol. The van der Waals surface area contributed by atoms with Crippen LogP contribution in [0.2, 0.25) is 0 Å². The third-order valence-electron chi connectivity index (χ3n) is 2.47. The SMILES string of the molecule is C=C(C/C=C(\CC(C)N)C(=O)O)C(C)(C)C. The molecule has 92 valence electrons. The molecule has 3 N–H and O–H groups in total. The number of allylic oxidation sites excluding steroid dienone is 2. The maximum atomic E-state index is 10.9. The number of rotatable bonds is 5. The van der Waals surface area contributed by atoms with Gasteiger partial charge in [-0.05, 0) is 25.2 Å². The highest BCUT2D eigenvalue weighted by atomic mass is 16.4. The molecule has 0 aliphatic carbocycles. The van der Waals surface area contributed by atoms with Crippen LogP contribution >= 0.6 is 0 Å². The van der Waals surface area contributed by atoms with E-state index in [1.54, 1.807) is 13.0 Å². The molecule has 0 aromatic rings. The van der Waals surface area contributed by atoms with Crippen LogP contribution in [0, 0.1) is 5.41 Å². The zero-order valence-corrected chi connectivity index (χ0v) is 10.7. The molecular weight excluding hydrogens is 202 g/mol. The van der Waals surface area contributed by atoms with Crippen molar-refractivity contribution in [2.75, 3.05) is 0 Å². The van der Waals surface area contributed by atoms with Crippen molar-refractivity contribution in [3.63, 3.8) is 0 Å². The molecule has 0 rings (SSSR count). The Bertz CT molecular complexity index is 296. The lowest BCUT2D eigenvalue weighted by molar-refractivity contribution is -0.132. The predicted molar refractivity (Wildman–Crippen MR) is 67.2 cm³/mol. The smallest absolute Gasteiger partial charge is 0.331 e. The molecule has 0 fully saturated rings. The van der Waals surface area contributed by atoms with E-state index in [0.717, 1.165) is 5.57 Å². The van der Waals surface area contributed by atoms with Gasteiger partial charge in [-0.1, -0.05) is 39.0 Å². The Hall–Kier alpha value is -1.09. The molecule has 1 unspecified atom stereocenters. The second-order valence-electron chi connectivity index (χ2n) is 5.27. The Balaban J connectivity index is 4.59. The van der Waals surface area contributed by atoms with Gasteiger partial charge in [-0.3, -0.25) is 0 Å². The van der Waals surface area contributed by atoms with Crippen LogP contribution in [0.25, 0.3) is 0 Å². The molecule has 0 aliphatic rings. The van der Waals surface area contributed by atoms with E-state index in [1.807, 2.05) is 0 Å². The minimum atomic E-state index is -0.890. The van der Waals surface area contributed by atoms with Gasteiger partial charge < -0.3 is 10.8 Å². The van der Waals surface area contributed by atoms with E-state index < -0.39 is 5.97 Å². The first kappa shape index (κ1) is 14.9. The van der Waals surface area contributed by atoms with Crippen LogP contribution < -0.4 is 5.73 Å². The Morgan fingerprint density at radius 2 is 2.00 bits per heavy atom. The van der Waals surface area contributed by atoms with Crippen LogP contribution in [0.15, 0.2) is 23.8 Å². The van der Waals surface area contributed by atoms with Crippen LogP contribution in [-0.4, -0.2) is 17.1 Å². The number of hydrogen-bond donors (Lipinski definition) is 2. The van der Waals surface area contributed by atoms with Gasteiger partial charge >= 0.3 is 5.97 Å².